The maximum absolute atomic E-state index is 12.2. The maximum atomic E-state index is 12.2. The first kappa shape index (κ1) is 18.1. The van der Waals surface area contributed by atoms with Crippen molar-refractivity contribution in [2.24, 2.45) is 0 Å². The Hall–Kier alpha value is -2.25. The number of carbonyl (C=O) groups excluding carboxylic acids is 1. The van der Waals surface area contributed by atoms with E-state index in [2.05, 4.69) is 45.7 Å². The van der Waals surface area contributed by atoms with E-state index in [4.69, 9.17) is 4.74 Å². The molecule has 0 aliphatic carbocycles. The van der Waals surface area contributed by atoms with E-state index in [0.717, 1.165) is 39.1 Å². The van der Waals surface area contributed by atoms with Gasteiger partial charge in [0.2, 0.25) is 0 Å². The summed E-state index contributed by atoms with van der Waals surface area (Å²) in [4.78, 5) is 21.7. The molecule has 1 aromatic carbocycles. The van der Waals surface area contributed by atoms with Gasteiger partial charge in [-0.3, -0.25) is 4.79 Å². The quantitative estimate of drug-likeness (QED) is 0.760. The van der Waals surface area contributed by atoms with Gasteiger partial charge in [0, 0.05) is 17.5 Å². The maximum Gasteiger partial charge on any atom is 0.266 e. The molecule has 0 bridgehead atoms. The largest absolute Gasteiger partial charge is 0.476 e. The monoisotopic (exact) mass is 385 g/mol. The van der Waals surface area contributed by atoms with Gasteiger partial charge in [0.1, 0.15) is 0 Å². The molecule has 1 fully saturated rings. The molecular weight excluding hydrogens is 360 g/mol. The summed E-state index contributed by atoms with van der Waals surface area (Å²) in [6.45, 7) is 5.17. The van der Waals surface area contributed by atoms with Crippen LogP contribution >= 0.6 is 11.8 Å². The molecule has 142 valence electrons. The lowest BCUT2D eigenvalue weighted by Crippen LogP contribution is -3.15. The third-order valence-electron chi connectivity index (χ3n) is 5.23. The van der Waals surface area contributed by atoms with E-state index >= 15 is 0 Å². The van der Waals surface area contributed by atoms with Gasteiger partial charge in [-0.15, -0.1) is 11.8 Å². The van der Waals surface area contributed by atoms with E-state index < -0.39 is 6.10 Å². The van der Waals surface area contributed by atoms with E-state index in [9.17, 15) is 4.79 Å². The number of amides is 1. The molecule has 3 heterocycles. The Labute approximate surface area is 163 Å². The lowest BCUT2D eigenvalue weighted by atomic mass is 10.1. The highest BCUT2D eigenvalue weighted by molar-refractivity contribution is 7.98. The first-order valence-corrected chi connectivity index (χ1v) is 10.6. The van der Waals surface area contributed by atoms with Crippen molar-refractivity contribution in [2.75, 3.05) is 49.2 Å². The van der Waals surface area contributed by atoms with Crippen molar-refractivity contribution < 1.29 is 14.4 Å². The van der Waals surface area contributed by atoms with Crippen molar-refractivity contribution in [3.63, 3.8) is 0 Å². The number of carbonyl (C=O) groups is 1. The zero-order valence-corrected chi connectivity index (χ0v) is 16.3. The van der Waals surface area contributed by atoms with Gasteiger partial charge < -0.3 is 19.9 Å². The van der Waals surface area contributed by atoms with E-state index in [-0.39, 0.29) is 5.91 Å². The van der Waals surface area contributed by atoms with Crippen molar-refractivity contribution >= 4 is 29.2 Å². The summed E-state index contributed by atoms with van der Waals surface area (Å²) in [5.41, 5.74) is 1.34. The Morgan fingerprint density at radius 2 is 2.07 bits per heavy atom. The number of hydrogen-bond acceptors (Lipinski definition) is 5. The molecule has 2 N–H and O–H groups in total. The summed E-state index contributed by atoms with van der Waals surface area (Å²) < 4.78 is 5.85. The number of quaternary nitrogens is 1. The second kappa shape index (κ2) is 8.19. The number of hydrogen-bond donors (Lipinski definition) is 2. The summed E-state index contributed by atoms with van der Waals surface area (Å²) in [6.07, 6.45) is 4.08. The molecule has 0 spiro atoms. The van der Waals surface area contributed by atoms with Crippen LogP contribution in [0, 0.1) is 0 Å². The van der Waals surface area contributed by atoms with Crippen molar-refractivity contribution in [2.45, 2.75) is 17.4 Å². The molecule has 27 heavy (non-hydrogen) atoms. The predicted molar refractivity (Wildman–Crippen MR) is 108 cm³/mol. The van der Waals surface area contributed by atoms with Crippen LogP contribution in [-0.2, 0) is 4.79 Å². The second-order valence-electron chi connectivity index (χ2n) is 6.89. The molecule has 1 saturated heterocycles. The Morgan fingerprint density at radius 3 is 2.89 bits per heavy atom. The average molecular weight is 386 g/mol. The highest BCUT2D eigenvalue weighted by atomic mass is 32.2. The molecule has 0 unspecified atom stereocenters. The number of anilines is 2. The minimum atomic E-state index is -0.426. The molecule has 2 aliphatic heterocycles. The summed E-state index contributed by atoms with van der Waals surface area (Å²) in [5.74, 6) is 1.09. The van der Waals surface area contributed by atoms with E-state index in [0.29, 0.717) is 11.6 Å². The minimum Gasteiger partial charge on any atom is -0.476 e. The molecule has 2 aliphatic rings. The summed E-state index contributed by atoms with van der Waals surface area (Å²) in [5, 5.41) is 2.84. The molecular formula is C20H25N4O2S+. The van der Waals surface area contributed by atoms with Crippen LogP contribution in [-0.4, -0.2) is 56.0 Å². The number of thioether (sulfide) groups is 1. The Kier molecular flexibility index (Phi) is 5.50. The molecule has 2 aromatic rings. The fraction of sp³-hybridized carbons (Fsp3) is 0.400. The predicted octanol–water partition coefficient (Wildman–Crippen LogP) is 1.30. The van der Waals surface area contributed by atoms with E-state index in [1.54, 1.807) is 18.0 Å². The Bertz CT molecular complexity index is 808. The Morgan fingerprint density at radius 1 is 1.26 bits per heavy atom. The Balaban J connectivity index is 1.29. The highest BCUT2D eigenvalue weighted by Gasteiger charge is 2.30. The fourth-order valence-corrected chi connectivity index (χ4v) is 4.33. The summed E-state index contributed by atoms with van der Waals surface area (Å²) in [6, 6.07) is 12.3. The first-order chi connectivity index (χ1) is 13.2. The number of aromatic nitrogens is 1. The number of rotatable bonds is 5. The van der Waals surface area contributed by atoms with Gasteiger partial charge in [0.25, 0.3) is 5.91 Å². The van der Waals surface area contributed by atoms with Crippen LogP contribution in [0.2, 0.25) is 0 Å². The number of piperazine rings is 1. The van der Waals surface area contributed by atoms with Gasteiger partial charge >= 0.3 is 0 Å². The van der Waals surface area contributed by atoms with Crippen LogP contribution in [0.15, 0.2) is 47.5 Å². The lowest BCUT2D eigenvalue weighted by molar-refractivity contribution is -0.901. The molecule has 0 saturated carbocycles. The van der Waals surface area contributed by atoms with Crippen LogP contribution in [0.5, 0.6) is 5.75 Å². The zero-order chi connectivity index (χ0) is 18.6. The number of pyridine rings is 1. The molecule has 1 aromatic heterocycles. The van der Waals surface area contributed by atoms with E-state index in [1.165, 1.54) is 15.5 Å². The molecule has 1 atom stereocenters. The van der Waals surface area contributed by atoms with Gasteiger partial charge in [-0.1, -0.05) is 12.1 Å². The van der Waals surface area contributed by atoms with Crippen LogP contribution in [0.25, 0.3) is 0 Å². The van der Waals surface area contributed by atoms with Crippen LogP contribution in [0.4, 0.5) is 11.5 Å². The summed E-state index contributed by atoms with van der Waals surface area (Å²) >= 11 is 1.80. The average Bonchev–Trinajstić information content (AvgIpc) is 2.72. The number of para-hydroxylation sites is 1. The molecule has 7 heteroatoms. The fourth-order valence-electron chi connectivity index (χ4n) is 3.71. The second-order valence-corrected chi connectivity index (χ2v) is 7.74. The van der Waals surface area contributed by atoms with Crippen LogP contribution in [0.1, 0.15) is 6.42 Å². The van der Waals surface area contributed by atoms with Crippen LogP contribution in [0.3, 0.4) is 0 Å². The zero-order valence-electron chi connectivity index (χ0n) is 15.5. The normalized spacial score (nSPS) is 20.0. The lowest BCUT2D eigenvalue weighted by Gasteiger charge is -2.35. The molecule has 6 nitrogen and oxygen atoms in total. The molecule has 0 radical (unpaired) electrons. The molecule has 1 amide bonds. The number of ether oxygens (including phenoxy) is 1. The van der Waals surface area contributed by atoms with Crippen LogP contribution < -0.4 is 19.9 Å². The number of benzene rings is 1. The van der Waals surface area contributed by atoms with Gasteiger partial charge in [-0.2, -0.15) is 0 Å². The van der Waals surface area contributed by atoms with Gasteiger partial charge in [-0.05, 0) is 30.5 Å². The first-order valence-electron chi connectivity index (χ1n) is 9.38. The van der Waals surface area contributed by atoms with Gasteiger partial charge in [0.15, 0.2) is 17.7 Å². The standard InChI is InChI=1S/C20H24N4O2S/c1-27-18-7-3-2-5-15(18)24-13-11-23(12-14-24)10-8-17-20(25)22-19-16(26-17)6-4-9-21-19/h2-7,9,17H,8,10-14H2,1H3,(H,21,22,25)/p+1/t17-/m0/s1. The third kappa shape index (κ3) is 4.04. The third-order valence-corrected chi connectivity index (χ3v) is 6.02. The summed E-state index contributed by atoms with van der Waals surface area (Å²) in [7, 11) is 0. The SMILES string of the molecule is CSc1ccccc1N1CC[NH+](CC[C@@H]2Oc3cccnc3NC2=O)CC1. The molecule has 4 rings (SSSR count). The smallest absolute Gasteiger partial charge is 0.266 e. The topological polar surface area (TPSA) is 58.9 Å². The number of fused-ring (bicyclic) bond motifs is 1. The highest BCUT2D eigenvalue weighted by Crippen LogP contribution is 2.28. The van der Waals surface area contributed by atoms with Crippen molar-refractivity contribution in [3.05, 3.63) is 42.6 Å². The minimum absolute atomic E-state index is 0.0897. The van der Waals surface area contributed by atoms with Gasteiger partial charge in [0.05, 0.1) is 38.4 Å². The number of nitrogens with zero attached hydrogens (tertiary/aromatic N) is 2. The van der Waals surface area contributed by atoms with Crippen molar-refractivity contribution in [3.8, 4) is 5.75 Å². The van der Waals surface area contributed by atoms with E-state index in [1.807, 2.05) is 12.1 Å². The number of nitrogens with one attached hydrogen (secondary N) is 2. The van der Waals surface area contributed by atoms with Crippen molar-refractivity contribution in [1.82, 2.24) is 4.98 Å². The van der Waals surface area contributed by atoms with Crippen molar-refractivity contribution in [1.29, 1.82) is 0 Å². The van der Waals surface area contributed by atoms with Gasteiger partial charge in [-0.25, -0.2) is 4.98 Å².